The van der Waals surface area contributed by atoms with E-state index in [0.29, 0.717) is 10.9 Å². The Morgan fingerprint density at radius 3 is 2.78 bits per heavy atom. The molecule has 1 N–H and O–H groups in total. The molecule has 0 amide bonds. The predicted molar refractivity (Wildman–Crippen MR) is 115 cm³/mol. The van der Waals surface area contributed by atoms with Crippen molar-refractivity contribution in [2.45, 2.75) is 20.3 Å². The number of nitrogens with one attached hydrogen (secondary N) is 1. The Morgan fingerprint density at radius 1 is 1.30 bits per heavy atom. The summed E-state index contributed by atoms with van der Waals surface area (Å²) in [6, 6.07) is 5.89. The molecule has 2 heterocycles. The van der Waals surface area contributed by atoms with E-state index in [-0.39, 0.29) is 5.43 Å². The number of nitrogens with zero attached hydrogens (tertiary/aromatic N) is 3. The van der Waals surface area contributed by atoms with Crippen LogP contribution in [0.3, 0.4) is 0 Å². The van der Waals surface area contributed by atoms with Gasteiger partial charge >= 0.3 is 0 Å². The van der Waals surface area contributed by atoms with Crippen LogP contribution in [0.1, 0.15) is 25.0 Å². The standard InChI is InChI=1S/C21H24N4OS/c1-5-15-6-7-20-19(21(26)18(15)8-14(2)13-27-22-3)9-16(10-23-20)17-11-24-25(4)12-17/h6-12,22H,5,13H2,1-4H3/b14-8+. The Hall–Kier alpha value is -2.44. The molecule has 1 aromatic carbocycles. The average molecular weight is 381 g/mol. The van der Waals surface area contributed by atoms with Crippen LogP contribution >= 0.6 is 11.9 Å². The minimum Gasteiger partial charge on any atom is -0.289 e. The number of hydrogen-bond acceptors (Lipinski definition) is 5. The summed E-state index contributed by atoms with van der Waals surface area (Å²) < 4.78 is 4.82. The fourth-order valence-corrected chi connectivity index (χ4v) is 3.47. The second-order valence-electron chi connectivity index (χ2n) is 6.50. The molecule has 2 aromatic heterocycles. The van der Waals surface area contributed by atoms with Gasteiger partial charge in [0, 0.05) is 47.3 Å². The molecule has 0 radical (unpaired) electrons. The molecule has 0 fully saturated rings. The molecule has 5 nitrogen and oxygen atoms in total. The first kappa shape index (κ1) is 19.3. The highest BCUT2D eigenvalue weighted by atomic mass is 32.2. The molecule has 0 unspecified atom stereocenters. The van der Waals surface area contributed by atoms with Gasteiger partial charge in [0.15, 0.2) is 5.43 Å². The van der Waals surface area contributed by atoms with Crippen molar-refractivity contribution in [2.75, 3.05) is 12.8 Å². The first-order chi connectivity index (χ1) is 13.0. The Morgan fingerprint density at radius 2 is 2.11 bits per heavy atom. The molecule has 0 aliphatic rings. The molecule has 140 valence electrons. The van der Waals surface area contributed by atoms with Crippen molar-refractivity contribution < 1.29 is 0 Å². The molecule has 0 saturated carbocycles. The summed E-state index contributed by atoms with van der Waals surface area (Å²) in [7, 11) is 3.77. The van der Waals surface area contributed by atoms with E-state index >= 15 is 0 Å². The number of aryl methyl sites for hydroxylation is 2. The quantitative estimate of drug-likeness (QED) is 0.659. The highest BCUT2D eigenvalue weighted by Gasteiger charge is 2.10. The van der Waals surface area contributed by atoms with Crippen molar-refractivity contribution >= 4 is 28.9 Å². The summed E-state index contributed by atoms with van der Waals surface area (Å²) >= 11 is 1.62. The summed E-state index contributed by atoms with van der Waals surface area (Å²) in [5.41, 5.74) is 5.53. The maximum atomic E-state index is 13.4. The molecule has 3 aromatic rings. The monoisotopic (exact) mass is 380 g/mol. The molecule has 0 aliphatic heterocycles. The second kappa shape index (κ2) is 8.50. The van der Waals surface area contributed by atoms with E-state index in [1.54, 1.807) is 29.0 Å². The number of pyridine rings is 1. The van der Waals surface area contributed by atoms with Crippen LogP contribution < -0.4 is 10.2 Å². The molecule has 3 rings (SSSR count). The Bertz CT molecular complexity index is 1060. The Balaban J connectivity index is 2.22. The van der Waals surface area contributed by atoms with Gasteiger partial charge in [0.1, 0.15) is 0 Å². The van der Waals surface area contributed by atoms with E-state index in [9.17, 15) is 4.79 Å². The normalized spacial score (nSPS) is 11.9. The summed E-state index contributed by atoms with van der Waals surface area (Å²) in [4.78, 5) is 17.9. The van der Waals surface area contributed by atoms with Gasteiger partial charge in [-0.05, 0) is 38.1 Å². The van der Waals surface area contributed by atoms with E-state index in [1.165, 1.54) is 0 Å². The third kappa shape index (κ3) is 4.28. The lowest BCUT2D eigenvalue weighted by Gasteiger charge is -2.03. The zero-order valence-corrected chi connectivity index (χ0v) is 16.9. The van der Waals surface area contributed by atoms with E-state index in [2.05, 4.69) is 28.7 Å². The zero-order valence-electron chi connectivity index (χ0n) is 16.1. The van der Waals surface area contributed by atoms with Gasteiger partial charge in [-0.1, -0.05) is 36.6 Å². The summed E-state index contributed by atoms with van der Waals surface area (Å²) in [6.45, 7) is 4.13. The first-order valence-electron chi connectivity index (χ1n) is 8.94. The largest absolute Gasteiger partial charge is 0.289 e. The lowest BCUT2D eigenvalue weighted by Crippen LogP contribution is -2.06. The van der Waals surface area contributed by atoms with Crippen molar-refractivity contribution in [1.29, 1.82) is 0 Å². The minimum atomic E-state index is 0.0268. The van der Waals surface area contributed by atoms with Gasteiger partial charge < -0.3 is 0 Å². The van der Waals surface area contributed by atoms with Gasteiger partial charge in [-0.2, -0.15) is 5.10 Å². The van der Waals surface area contributed by atoms with Crippen molar-refractivity contribution in [1.82, 2.24) is 19.5 Å². The Labute approximate surface area is 163 Å². The number of rotatable bonds is 6. The molecular formula is C21H24N4OS. The van der Waals surface area contributed by atoms with Crippen LogP contribution in [0.4, 0.5) is 0 Å². The van der Waals surface area contributed by atoms with Crippen LogP contribution in [0.25, 0.3) is 28.1 Å². The number of fused-ring (bicyclic) bond motifs is 1. The molecule has 6 heteroatoms. The van der Waals surface area contributed by atoms with Crippen LogP contribution in [-0.4, -0.2) is 27.6 Å². The van der Waals surface area contributed by atoms with E-state index < -0.39 is 0 Å². The third-order valence-electron chi connectivity index (χ3n) is 4.45. The van der Waals surface area contributed by atoms with Crippen molar-refractivity contribution in [3.63, 3.8) is 0 Å². The van der Waals surface area contributed by atoms with Crippen molar-refractivity contribution in [3.8, 4) is 11.1 Å². The van der Waals surface area contributed by atoms with Gasteiger partial charge in [0.05, 0.1) is 11.7 Å². The lowest BCUT2D eigenvalue weighted by atomic mass is 10.0. The van der Waals surface area contributed by atoms with Gasteiger partial charge in [-0.25, -0.2) is 0 Å². The topological polar surface area (TPSA) is 59.8 Å². The maximum Gasteiger partial charge on any atom is 0.195 e. The molecule has 0 atom stereocenters. The molecule has 0 bridgehead atoms. The summed E-state index contributed by atoms with van der Waals surface area (Å²) in [6.07, 6.45) is 8.32. The molecule has 0 aliphatic carbocycles. The van der Waals surface area contributed by atoms with E-state index in [1.807, 2.05) is 44.6 Å². The fraction of sp³-hybridized carbons (Fsp3) is 0.286. The smallest absolute Gasteiger partial charge is 0.195 e. The molecule has 0 spiro atoms. The molecule has 27 heavy (non-hydrogen) atoms. The first-order valence-corrected chi connectivity index (χ1v) is 9.92. The van der Waals surface area contributed by atoms with Crippen LogP contribution in [0.2, 0.25) is 0 Å². The predicted octanol–water partition coefficient (Wildman–Crippen LogP) is 3.83. The van der Waals surface area contributed by atoms with Gasteiger partial charge in [0.2, 0.25) is 0 Å². The summed E-state index contributed by atoms with van der Waals surface area (Å²) in [5, 5.41) is 4.85. The van der Waals surface area contributed by atoms with Crippen molar-refractivity contribution in [2.24, 2.45) is 7.05 Å². The SMILES string of the molecule is CCc1ccc2ncc(-c3cnn(C)c3)cc2c(=O)c1/C=C(\C)CSNC. The number of aromatic nitrogens is 3. The van der Waals surface area contributed by atoms with Gasteiger partial charge in [0.25, 0.3) is 0 Å². The fourth-order valence-electron chi connectivity index (χ4n) is 3.02. The van der Waals surface area contributed by atoms with Crippen LogP contribution in [0.5, 0.6) is 0 Å². The van der Waals surface area contributed by atoms with Crippen LogP contribution in [-0.2, 0) is 13.5 Å². The van der Waals surface area contributed by atoms with Gasteiger partial charge in [-0.15, -0.1) is 0 Å². The van der Waals surface area contributed by atoms with Crippen LogP contribution in [0, 0.1) is 0 Å². The van der Waals surface area contributed by atoms with E-state index in [4.69, 9.17) is 0 Å². The second-order valence-corrected chi connectivity index (χ2v) is 7.48. The molecular weight excluding hydrogens is 356 g/mol. The summed E-state index contributed by atoms with van der Waals surface area (Å²) in [5.74, 6) is 0.828. The Kier molecular flexibility index (Phi) is 6.08. The highest BCUT2D eigenvalue weighted by Crippen LogP contribution is 2.22. The highest BCUT2D eigenvalue weighted by molar-refractivity contribution is 7.97. The minimum absolute atomic E-state index is 0.0268. The van der Waals surface area contributed by atoms with Crippen LogP contribution in [0.15, 0.2) is 47.2 Å². The average Bonchev–Trinajstić information content (AvgIpc) is 3.06. The maximum absolute atomic E-state index is 13.4. The lowest BCUT2D eigenvalue weighted by molar-refractivity contribution is 0.768. The van der Waals surface area contributed by atoms with Gasteiger partial charge in [-0.3, -0.25) is 19.2 Å². The zero-order chi connectivity index (χ0) is 19.4. The molecule has 0 saturated heterocycles. The van der Waals surface area contributed by atoms with E-state index in [0.717, 1.165) is 40.0 Å². The number of hydrogen-bond donors (Lipinski definition) is 1. The third-order valence-corrected chi connectivity index (χ3v) is 5.34. The van der Waals surface area contributed by atoms with Crippen molar-refractivity contribution in [3.05, 3.63) is 63.7 Å².